The van der Waals surface area contributed by atoms with Gasteiger partial charge in [-0.3, -0.25) is 0 Å². The highest BCUT2D eigenvalue weighted by molar-refractivity contribution is 6.29. The highest BCUT2D eigenvalue weighted by Gasteiger charge is 2.06. The van der Waals surface area contributed by atoms with E-state index in [9.17, 15) is 0 Å². The molecule has 0 aliphatic carbocycles. The summed E-state index contributed by atoms with van der Waals surface area (Å²) in [6.45, 7) is 1.38. The lowest BCUT2D eigenvalue weighted by Crippen LogP contribution is -2.05. The number of ether oxygens (including phenoxy) is 2. The highest BCUT2D eigenvalue weighted by Crippen LogP contribution is 2.07. The van der Waals surface area contributed by atoms with Gasteiger partial charge in [-0.05, 0) is 12.1 Å². The van der Waals surface area contributed by atoms with Gasteiger partial charge in [-0.1, -0.05) is 11.6 Å². The van der Waals surface area contributed by atoms with Gasteiger partial charge in [-0.2, -0.15) is 9.61 Å². The first-order valence-corrected chi connectivity index (χ1v) is 5.12. The molecule has 0 radical (unpaired) electrons. The second-order valence-electron chi connectivity index (χ2n) is 3.09. The molecule has 86 valence electrons. The normalized spacial score (nSPS) is 11.1. The molecule has 0 bridgehead atoms. The molecule has 0 N–H and O–H groups in total. The fourth-order valence-electron chi connectivity index (χ4n) is 1.21. The third-order valence-electron chi connectivity index (χ3n) is 1.96. The van der Waals surface area contributed by atoms with Gasteiger partial charge in [0, 0.05) is 7.11 Å². The van der Waals surface area contributed by atoms with Crippen LogP contribution in [0.5, 0.6) is 0 Å². The maximum absolute atomic E-state index is 5.78. The largest absolute Gasteiger partial charge is 0.382 e. The van der Waals surface area contributed by atoms with E-state index >= 15 is 0 Å². The van der Waals surface area contributed by atoms with Gasteiger partial charge < -0.3 is 9.47 Å². The molecule has 0 spiro atoms. The van der Waals surface area contributed by atoms with E-state index in [2.05, 4.69) is 15.3 Å². The van der Waals surface area contributed by atoms with Crippen molar-refractivity contribution in [3.63, 3.8) is 0 Å². The number of aromatic nitrogens is 4. The van der Waals surface area contributed by atoms with Crippen molar-refractivity contribution in [3.05, 3.63) is 23.1 Å². The van der Waals surface area contributed by atoms with E-state index in [1.54, 1.807) is 23.8 Å². The van der Waals surface area contributed by atoms with Crippen molar-refractivity contribution in [3.8, 4) is 0 Å². The third-order valence-corrected chi connectivity index (χ3v) is 2.16. The molecule has 2 aromatic heterocycles. The summed E-state index contributed by atoms with van der Waals surface area (Å²) >= 11 is 5.78. The van der Waals surface area contributed by atoms with Gasteiger partial charge in [0.2, 0.25) is 0 Å². The number of hydrogen-bond acceptors (Lipinski definition) is 5. The summed E-state index contributed by atoms with van der Waals surface area (Å²) in [4.78, 5) is 0. The lowest BCUT2D eigenvalue weighted by molar-refractivity contribution is 0.0579. The number of nitrogens with zero attached hydrogens (tertiary/aromatic N) is 4. The van der Waals surface area contributed by atoms with Crippen LogP contribution in [0.4, 0.5) is 0 Å². The minimum absolute atomic E-state index is 0.331. The molecule has 0 saturated heterocycles. The van der Waals surface area contributed by atoms with Gasteiger partial charge in [0.1, 0.15) is 11.8 Å². The molecule has 0 atom stereocenters. The maximum atomic E-state index is 5.78. The second kappa shape index (κ2) is 5.20. The molecule has 7 heteroatoms. The molecule has 0 aliphatic rings. The molecule has 0 aliphatic heterocycles. The fourth-order valence-corrected chi connectivity index (χ4v) is 1.35. The summed E-state index contributed by atoms with van der Waals surface area (Å²) in [7, 11) is 1.62. The first-order valence-electron chi connectivity index (χ1n) is 4.75. The highest BCUT2D eigenvalue weighted by atomic mass is 35.5. The quantitative estimate of drug-likeness (QED) is 0.731. The predicted octanol–water partition coefficient (Wildman–Crippen LogP) is 0.941. The molecule has 2 rings (SSSR count). The fraction of sp³-hybridized carbons (Fsp3) is 0.444. The zero-order chi connectivity index (χ0) is 11.4. The molecular formula is C9H11ClN4O2. The molecule has 0 aromatic carbocycles. The van der Waals surface area contributed by atoms with E-state index in [-0.39, 0.29) is 0 Å². The van der Waals surface area contributed by atoms with Crippen molar-refractivity contribution in [1.82, 2.24) is 19.8 Å². The average molecular weight is 243 g/mol. The van der Waals surface area contributed by atoms with Crippen LogP contribution < -0.4 is 0 Å². The Morgan fingerprint density at radius 3 is 3.00 bits per heavy atom. The third kappa shape index (κ3) is 2.46. The van der Waals surface area contributed by atoms with Crippen LogP contribution in [-0.4, -0.2) is 40.1 Å². The number of fused-ring (bicyclic) bond motifs is 1. The molecular weight excluding hydrogens is 232 g/mol. The van der Waals surface area contributed by atoms with Gasteiger partial charge in [-0.15, -0.1) is 10.2 Å². The Morgan fingerprint density at radius 1 is 1.31 bits per heavy atom. The van der Waals surface area contributed by atoms with Gasteiger partial charge in [0.25, 0.3) is 0 Å². The molecule has 2 heterocycles. The Balaban J connectivity index is 2.09. The average Bonchev–Trinajstić information content (AvgIpc) is 2.67. The van der Waals surface area contributed by atoms with Crippen molar-refractivity contribution in [2.75, 3.05) is 20.3 Å². The van der Waals surface area contributed by atoms with Gasteiger partial charge in [0.05, 0.1) is 13.2 Å². The van der Waals surface area contributed by atoms with E-state index in [1.165, 1.54) is 0 Å². The molecule has 2 aromatic rings. The molecule has 0 fully saturated rings. The molecule has 0 amide bonds. The van der Waals surface area contributed by atoms with E-state index in [0.29, 0.717) is 36.4 Å². The van der Waals surface area contributed by atoms with E-state index in [0.717, 1.165) is 0 Å². The standard InChI is InChI=1S/C9H11ClN4O2/c1-15-4-5-16-6-9-12-11-8-3-2-7(10)13-14(8)9/h2-3H,4-6H2,1H3. The smallest absolute Gasteiger partial charge is 0.180 e. The Bertz CT molecular complexity index is 473. The van der Waals surface area contributed by atoms with Crippen molar-refractivity contribution >= 4 is 17.2 Å². The summed E-state index contributed by atoms with van der Waals surface area (Å²) in [5.41, 5.74) is 0.648. The summed E-state index contributed by atoms with van der Waals surface area (Å²) in [6, 6.07) is 3.42. The van der Waals surface area contributed by atoms with Crippen LogP contribution in [0.3, 0.4) is 0 Å². The second-order valence-corrected chi connectivity index (χ2v) is 3.47. The van der Waals surface area contributed by atoms with Crippen LogP contribution in [0.25, 0.3) is 5.65 Å². The van der Waals surface area contributed by atoms with Crippen molar-refractivity contribution in [2.45, 2.75) is 6.61 Å². The Kier molecular flexibility index (Phi) is 3.66. The molecule has 0 saturated carbocycles. The van der Waals surface area contributed by atoms with Crippen molar-refractivity contribution in [2.24, 2.45) is 0 Å². The summed E-state index contributed by atoms with van der Waals surface area (Å²) in [6.07, 6.45) is 0. The van der Waals surface area contributed by atoms with Gasteiger partial charge in [0.15, 0.2) is 11.5 Å². The first kappa shape index (κ1) is 11.3. The summed E-state index contributed by atoms with van der Waals surface area (Å²) < 4.78 is 11.8. The van der Waals surface area contributed by atoms with Crippen LogP contribution in [0, 0.1) is 0 Å². The van der Waals surface area contributed by atoms with Gasteiger partial charge in [-0.25, -0.2) is 0 Å². The first-order chi connectivity index (χ1) is 7.81. The number of rotatable bonds is 5. The van der Waals surface area contributed by atoms with Crippen molar-refractivity contribution < 1.29 is 9.47 Å². The minimum Gasteiger partial charge on any atom is -0.382 e. The predicted molar refractivity (Wildman–Crippen MR) is 57.3 cm³/mol. The van der Waals surface area contributed by atoms with Crippen LogP contribution in [0.2, 0.25) is 5.15 Å². The number of hydrogen-bond donors (Lipinski definition) is 0. The van der Waals surface area contributed by atoms with Crippen molar-refractivity contribution in [1.29, 1.82) is 0 Å². The Labute approximate surface area is 97.1 Å². The zero-order valence-corrected chi connectivity index (χ0v) is 9.52. The van der Waals surface area contributed by atoms with E-state index in [1.807, 2.05) is 0 Å². The minimum atomic E-state index is 0.331. The van der Waals surface area contributed by atoms with Crippen LogP contribution in [0.15, 0.2) is 12.1 Å². The molecule has 6 nitrogen and oxygen atoms in total. The van der Waals surface area contributed by atoms with Crippen LogP contribution in [-0.2, 0) is 16.1 Å². The van der Waals surface area contributed by atoms with Gasteiger partial charge >= 0.3 is 0 Å². The summed E-state index contributed by atoms with van der Waals surface area (Å²) in [5, 5.41) is 12.4. The molecule has 0 unspecified atom stereocenters. The SMILES string of the molecule is COCCOCc1nnc2ccc(Cl)nn12. The Morgan fingerprint density at radius 2 is 2.19 bits per heavy atom. The lowest BCUT2D eigenvalue weighted by atomic mass is 10.5. The topological polar surface area (TPSA) is 61.5 Å². The van der Waals surface area contributed by atoms with Crippen LogP contribution >= 0.6 is 11.6 Å². The van der Waals surface area contributed by atoms with Crippen LogP contribution in [0.1, 0.15) is 5.82 Å². The zero-order valence-electron chi connectivity index (χ0n) is 8.76. The maximum Gasteiger partial charge on any atom is 0.180 e. The van der Waals surface area contributed by atoms with E-state index < -0.39 is 0 Å². The lowest BCUT2D eigenvalue weighted by Gasteiger charge is -2.01. The monoisotopic (exact) mass is 242 g/mol. The summed E-state index contributed by atoms with van der Waals surface area (Å²) in [5.74, 6) is 0.619. The number of methoxy groups -OCH3 is 1. The van der Waals surface area contributed by atoms with E-state index in [4.69, 9.17) is 21.1 Å². The number of halogens is 1. The Hall–Kier alpha value is -1.24. The molecule has 16 heavy (non-hydrogen) atoms.